The lowest BCUT2D eigenvalue weighted by Gasteiger charge is -2.19. The molecule has 5 rings (SSSR count). The van der Waals surface area contributed by atoms with E-state index in [-0.39, 0.29) is 6.42 Å². The third-order valence-corrected chi connectivity index (χ3v) is 11.1. The van der Waals surface area contributed by atoms with Gasteiger partial charge in [-0.25, -0.2) is 9.78 Å². The van der Waals surface area contributed by atoms with Crippen LogP contribution in [0.1, 0.15) is 44.2 Å². The maximum atomic E-state index is 11.8. The topological polar surface area (TPSA) is 79.9 Å². The molecule has 43 heavy (non-hydrogen) atoms. The Hall–Kier alpha value is -2.99. The predicted octanol–water partition coefficient (Wildman–Crippen LogP) is 7.87. The number of anilines is 1. The van der Waals surface area contributed by atoms with Crippen molar-refractivity contribution in [3.05, 3.63) is 94.0 Å². The van der Waals surface area contributed by atoms with Gasteiger partial charge in [0.25, 0.3) is 15.1 Å². The minimum Gasteiger partial charge on any atom is -0.335 e. The molecule has 0 amide bonds. The number of aryl methyl sites for hydroxylation is 1. The quantitative estimate of drug-likeness (QED) is 0.0733. The molecule has 0 fully saturated rings. The monoisotopic (exact) mass is 637 g/mol. The zero-order chi connectivity index (χ0) is 30.6. The molecule has 4 aromatic rings. The summed E-state index contributed by atoms with van der Waals surface area (Å²) < 4.78 is 36.4. The maximum absolute atomic E-state index is 11.8. The lowest BCUT2D eigenvalue weighted by molar-refractivity contribution is -0.669. The van der Waals surface area contributed by atoms with E-state index in [1.54, 1.807) is 23.1 Å². The number of nitrogens with zero attached hydrogens (tertiary/aromatic N) is 2. The number of thioether (sulfide) groups is 1. The molecular weight excluding hydrogens is 601 g/mol. The van der Waals surface area contributed by atoms with E-state index in [1.807, 2.05) is 12.1 Å². The molecule has 0 saturated carbocycles. The SMILES string of the molecule is CCC(=Cc1sc2ccc(COOC)cc2[n+]1CCC(C)S(=O)(=O)O)C=C1Sc2ccc(-c3ccccc3)cc2N1CC. The normalized spacial score (nSPS) is 15.4. The molecular formula is C33H37N2O5S3+. The Morgan fingerprint density at radius 2 is 1.86 bits per heavy atom. The van der Waals surface area contributed by atoms with Gasteiger partial charge in [-0.05, 0) is 66.8 Å². The molecule has 0 aliphatic carbocycles. The first-order valence-electron chi connectivity index (χ1n) is 14.4. The van der Waals surface area contributed by atoms with Gasteiger partial charge in [0, 0.05) is 30.0 Å². The summed E-state index contributed by atoms with van der Waals surface area (Å²) in [5.41, 5.74) is 6.73. The summed E-state index contributed by atoms with van der Waals surface area (Å²) in [7, 11) is -2.64. The highest BCUT2D eigenvalue weighted by Gasteiger charge is 2.27. The molecule has 1 aliphatic heterocycles. The van der Waals surface area contributed by atoms with Gasteiger partial charge in [-0.15, -0.1) is 0 Å². The van der Waals surface area contributed by atoms with Gasteiger partial charge in [-0.1, -0.05) is 72.5 Å². The number of aromatic nitrogens is 1. The van der Waals surface area contributed by atoms with Crippen LogP contribution in [0.25, 0.3) is 27.4 Å². The van der Waals surface area contributed by atoms with Crippen LogP contribution < -0.4 is 9.47 Å². The van der Waals surface area contributed by atoms with E-state index in [1.165, 1.54) is 46.3 Å². The summed E-state index contributed by atoms with van der Waals surface area (Å²) in [4.78, 5) is 13.5. The van der Waals surface area contributed by atoms with Crippen LogP contribution in [0.5, 0.6) is 0 Å². The van der Waals surface area contributed by atoms with Crippen molar-refractivity contribution < 1.29 is 27.3 Å². The summed E-state index contributed by atoms with van der Waals surface area (Å²) >= 11 is 3.45. The Morgan fingerprint density at radius 1 is 1.07 bits per heavy atom. The standard InChI is InChI=1S/C33H36N2O5S3/c1-5-24(19-32-34(6-2)29-21-27(13-15-31(29)41-32)26-10-8-7-9-11-26)20-33-35(17-16-23(3)43(36,37)38)28-18-25(22-40-39-4)12-14-30(28)42-33/h7-15,18-21,23H,5-6,16-17,22H2,1-4H3/p+1. The number of hydrogen-bond donors (Lipinski definition) is 1. The maximum Gasteiger partial charge on any atom is 0.267 e. The molecule has 1 aromatic heterocycles. The number of allylic oxidation sites excluding steroid dienone is 2. The molecule has 0 spiro atoms. The molecule has 1 N–H and O–H groups in total. The third-order valence-electron chi connectivity index (χ3n) is 7.59. The summed E-state index contributed by atoms with van der Waals surface area (Å²) in [6, 6.07) is 23.2. The second kappa shape index (κ2) is 13.8. The molecule has 0 bridgehead atoms. The van der Waals surface area contributed by atoms with E-state index in [9.17, 15) is 13.0 Å². The molecule has 0 saturated heterocycles. The lowest BCUT2D eigenvalue weighted by Crippen LogP contribution is -2.37. The van der Waals surface area contributed by atoms with Crippen LogP contribution >= 0.6 is 23.1 Å². The van der Waals surface area contributed by atoms with Crippen LogP contribution in [-0.2, 0) is 33.0 Å². The van der Waals surface area contributed by atoms with Crippen LogP contribution in [0.15, 0.2) is 88.3 Å². The second-order valence-electron chi connectivity index (χ2n) is 10.4. The van der Waals surface area contributed by atoms with Gasteiger partial charge in [0.15, 0.2) is 6.54 Å². The summed E-state index contributed by atoms with van der Waals surface area (Å²) in [6.07, 6.45) is 5.59. The van der Waals surface area contributed by atoms with Crippen molar-refractivity contribution >= 4 is 55.2 Å². The Kier molecular flexibility index (Phi) is 10.1. The van der Waals surface area contributed by atoms with Gasteiger partial charge in [-0.3, -0.25) is 4.55 Å². The Balaban J connectivity index is 1.51. The van der Waals surface area contributed by atoms with E-state index in [0.29, 0.717) is 13.2 Å². The lowest BCUT2D eigenvalue weighted by atomic mass is 10.0. The van der Waals surface area contributed by atoms with Crippen LogP contribution in [-0.4, -0.2) is 31.9 Å². The fraction of sp³-hybridized carbons (Fsp3) is 0.303. The largest absolute Gasteiger partial charge is 0.335 e. The summed E-state index contributed by atoms with van der Waals surface area (Å²) in [5, 5.41) is 1.33. The van der Waals surface area contributed by atoms with Crippen molar-refractivity contribution in [3.63, 3.8) is 0 Å². The van der Waals surface area contributed by atoms with Crippen molar-refractivity contribution in [3.8, 4) is 11.1 Å². The first-order valence-corrected chi connectivity index (χ1v) is 17.5. The van der Waals surface area contributed by atoms with Gasteiger partial charge in [-0.2, -0.15) is 13.0 Å². The molecule has 1 unspecified atom stereocenters. The van der Waals surface area contributed by atoms with Crippen molar-refractivity contribution in [1.29, 1.82) is 0 Å². The Morgan fingerprint density at radius 3 is 2.56 bits per heavy atom. The number of fused-ring (bicyclic) bond motifs is 2. The van der Waals surface area contributed by atoms with E-state index < -0.39 is 15.4 Å². The minimum absolute atomic E-state index is 0.288. The molecule has 1 atom stereocenters. The van der Waals surface area contributed by atoms with E-state index >= 15 is 0 Å². The zero-order valence-electron chi connectivity index (χ0n) is 24.8. The highest BCUT2D eigenvalue weighted by molar-refractivity contribution is 8.03. The third kappa shape index (κ3) is 7.22. The van der Waals surface area contributed by atoms with E-state index in [4.69, 9.17) is 9.78 Å². The van der Waals surface area contributed by atoms with Gasteiger partial charge >= 0.3 is 0 Å². The minimum atomic E-state index is -4.12. The molecule has 2 heterocycles. The van der Waals surface area contributed by atoms with Gasteiger partial charge in [0.05, 0.1) is 23.1 Å². The Bertz CT molecular complexity index is 1760. The zero-order valence-corrected chi connectivity index (χ0v) is 27.3. The molecule has 0 radical (unpaired) electrons. The highest BCUT2D eigenvalue weighted by Crippen LogP contribution is 2.47. The average Bonchev–Trinajstić information content (AvgIpc) is 3.53. The molecule has 7 nitrogen and oxygen atoms in total. The number of hydrogen-bond acceptors (Lipinski definition) is 7. The molecule has 1 aliphatic rings. The fourth-order valence-corrected chi connectivity index (χ4v) is 7.80. The molecule has 3 aromatic carbocycles. The summed E-state index contributed by atoms with van der Waals surface area (Å²) in [5.74, 6) is 0. The fourth-order valence-electron chi connectivity index (χ4n) is 5.07. The number of thiazole rings is 1. The van der Waals surface area contributed by atoms with E-state index in [2.05, 4.69) is 90.1 Å². The Labute approximate surface area is 262 Å². The van der Waals surface area contributed by atoms with Gasteiger partial charge in [0.1, 0.15) is 11.3 Å². The summed E-state index contributed by atoms with van der Waals surface area (Å²) in [6.45, 7) is 7.46. The molecule has 226 valence electrons. The van der Waals surface area contributed by atoms with Crippen molar-refractivity contribution in [1.82, 2.24) is 0 Å². The van der Waals surface area contributed by atoms with Crippen molar-refractivity contribution in [2.75, 3.05) is 18.6 Å². The number of benzene rings is 3. The molecule has 10 heteroatoms. The first kappa shape index (κ1) is 31.4. The van der Waals surface area contributed by atoms with Crippen LogP contribution in [0, 0.1) is 0 Å². The van der Waals surface area contributed by atoms with Crippen molar-refractivity contribution in [2.24, 2.45) is 0 Å². The van der Waals surface area contributed by atoms with Crippen LogP contribution in [0.4, 0.5) is 5.69 Å². The van der Waals surface area contributed by atoms with Crippen LogP contribution in [0.3, 0.4) is 0 Å². The van der Waals surface area contributed by atoms with Gasteiger partial charge in [0.2, 0.25) is 5.52 Å². The van der Waals surface area contributed by atoms with Gasteiger partial charge < -0.3 is 4.90 Å². The van der Waals surface area contributed by atoms with E-state index in [0.717, 1.165) is 33.8 Å². The predicted molar refractivity (Wildman–Crippen MR) is 177 cm³/mol. The highest BCUT2D eigenvalue weighted by atomic mass is 32.2. The second-order valence-corrected chi connectivity index (χ2v) is 14.3. The number of rotatable bonds is 12. The first-order chi connectivity index (χ1) is 20.7. The smallest absolute Gasteiger partial charge is 0.267 e. The average molecular weight is 638 g/mol. The van der Waals surface area contributed by atoms with Crippen LogP contribution in [0.2, 0.25) is 0 Å². The van der Waals surface area contributed by atoms with Crippen molar-refractivity contribution in [2.45, 2.75) is 56.9 Å².